The summed E-state index contributed by atoms with van der Waals surface area (Å²) in [5.41, 5.74) is 1.96. The molecule has 3 heterocycles. The van der Waals surface area contributed by atoms with Crippen LogP contribution < -0.4 is 10.3 Å². The van der Waals surface area contributed by atoms with E-state index in [0.717, 1.165) is 12.1 Å². The minimum atomic E-state index is -0.740. The van der Waals surface area contributed by atoms with E-state index in [1.165, 1.54) is 10.6 Å². The molecule has 0 spiro atoms. The zero-order chi connectivity index (χ0) is 24.4. The molecule has 0 atom stereocenters. The highest BCUT2D eigenvalue weighted by Crippen LogP contribution is 2.26. The van der Waals surface area contributed by atoms with Crippen molar-refractivity contribution in [3.8, 4) is 22.8 Å². The van der Waals surface area contributed by atoms with Crippen molar-refractivity contribution in [1.29, 1.82) is 0 Å². The van der Waals surface area contributed by atoms with Crippen molar-refractivity contribution in [3.05, 3.63) is 99.0 Å². The molecule has 0 aliphatic heterocycles. The number of halogens is 3. The zero-order valence-electron chi connectivity index (χ0n) is 18.7. The lowest BCUT2D eigenvalue weighted by atomic mass is 10.2. The largest absolute Gasteiger partial charge is 0.487 e. The smallest absolute Gasteiger partial charge is 0.277 e. The van der Waals surface area contributed by atoms with Gasteiger partial charge in [-0.1, -0.05) is 25.4 Å². The Morgan fingerprint density at radius 2 is 1.79 bits per heavy atom. The molecule has 0 saturated heterocycles. The standard InChI is InChI=1S/C25H21ClF2N4O2/c1-14(2)24-30-9-7-20(31-24)21-12-18(6-8-29-21)32-15(3)10-22(23(26)25(32)33)34-13-16-4-5-17(27)11-19(16)28/h4-12,14H,13H2,1-3H3. The molecule has 0 aliphatic carbocycles. The van der Waals surface area contributed by atoms with Gasteiger partial charge in [0, 0.05) is 41.7 Å². The molecule has 0 bridgehead atoms. The second kappa shape index (κ2) is 9.69. The van der Waals surface area contributed by atoms with Crippen LogP contribution in [-0.4, -0.2) is 19.5 Å². The summed E-state index contributed by atoms with van der Waals surface area (Å²) >= 11 is 6.32. The topological polar surface area (TPSA) is 69.9 Å². The van der Waals surface area contributed by atoms with Crippen LogP contribution in [0.3, 0.4) is 0 Å². The molecule has 3 aromatic heterocycles. The van der Waals surface area contributed by atoms with Crippen LogP contribution in [0.25, 0.3) is 17.1 Å². The Balaban J connectivity index is 1.67. The first-order valence-corrected chi connectivity index (χ1v) is 10.9. The summed E-state index contributed by atoms with van der Waals surface area (Å²) in [6, 6.07) is 9.96. The molecule has 4 aromatic rings. The van der Waals surface area contributed by atoms with E-state index in [1.54, 1.807) is 43.6 Å². The van der Waals surface area contributed by atoms with Crippen LogP contribution in [0.15, 0.2) is 59.7 Å². The summed E-state index contributed by atoms with van der Waals surface area (Å²) in [7, 11) is 0. The minimum Gasteiger partial charge on any atom is -0.487 e. The highest BCUT2D eigenvalue weighted by atomic mass is 35.5. The molecule has 0 fully saturated rings. The minimum absolute atomic E-state index is 0.107. The fourth-order valence-corrected chi connectivity index (χ4v) is 3.59. The Hall–Kier alpha value is -3.65. The third-order valence-corrected chi connectivity index (χ3v) is 5.50. The van der Waals surface area contributed by atoms with E-state index in [-0.39, 0.29) is 28.9 Å². The maximum atomic E-state index is 13.9. The van der Waals surface area contributed by atoms with E-state index >= 15 is 0 Å². The lowest BCUT2D eigenvalue weighted by Gasteiger charge is -2.15. The fourth-order valence-electron chi connectivity index (χ4n) is 3.39. The van der Waals surface area contributed by atoms with Crippen molar-refractivity contribution in [2.75, 3.05) is 0 Å². The fraction of sp³-hybridized carbons (Fsp3) is 0.200. The Morgan fingerprint density at radius 3 is 2.53 bits per heavy atom. The lowest BCUT2D eigenvalue weighted by Crippen LogP contribution is -2.22. The van der Waals surface area contributed by atoms with Gasteiger partial charge in [-0.2, -0.15) is 0 Å². The van der Waals surface area contributed by atoms with E-state index in [2.05, 4.69) is 15.0 Å². The quantitative estimate of drug-likeness (QED) is 0.356. The Labute approximate surface area is 199 Å². The predicted molar refractivity (Wildman–Crippen MR) is 125 cm³/mol. The molecular weight excluding hydrogens is 462 g/mol. The van der Waals surface area contributed by atoms with Crippen LogP contribution in [0.1, 0.15) is 36.8 Å². The average molecular weight is 483 g/mol. The number of ether oxygens (including phenoxy) is 1. The van der Waals surface area contributed by atoms with Gasteiger partial charge in [0.2, 0.25) is 0 Å². The van der Waals surface area contributed by atoms with Gasteiger partial charge < -0.3 is 4.74 Å². The summed E-state index contributed by atoms with van der Waals surface area (Å²) in [6.45, 7) is 5.52. The van der Waals surface area contributed by atoms with Crippen LogP contribution in [0.5, 0.6) is 5.75 Å². The molecule has 34 heavy (non-hydrogen) atoms. The molecule has 0 unspecified atom stereocenters. The van der Waals surface area contributed by atoms with Crippen LogP contribution in [-0.2, 0) is 6.61 Å². The summed E-state index contributed by atoms with van der Waals surface area (Å²) in [4.78, 5) is 26.3. The van der Waals surface area contributed by atoms with Gasteiger partial charge in [0.1, 0.15) is 34.8 Å². The normalized spacial score (nSPS) is 11.1. The highest BCUT2D eigenvalue weighted by molar-refractivity contribution is 6.31. The average Bonchev–Trinajstić information content (AvgIpc) is 2.82. The SMILES string of the molecule is Cc1cc(OCc2ccc(F)cc2F)c(Cl)c(=O)n1-c1ccnc(-c2ccnc(C(C)C)n2)c1. The summed E-state index contributed by atoms with van der Waals surface area (Å²) in [6.07, 6.45) is 3.26. The maximum absolute atomic E-state index is 13.9. The van der Waals surface area contributed by atoms with Crippen molar-refractivity contribution in [2.45, 2.75) is 33.3 Å². The third kappa shape index (κ3) is 4.82. The van der Waals surface area contributed by atoms with Crippen molar-refractivity contribution in [3.63, 3.8) is 0 Å². The number of hydrogen-bond donors (Lipinski definition) is 0. The highest BCUT2D eigenvalue weighted by Gasteiger charge is 2.16. The van der Waals surface area contributed by atoms with Crippen molar-refractivity contribution < 1.29 is 13.5 Å². The predicted octanol–water partition coefficient (Wildman–Crippen LogP) is 5.63. The number of nitrogens with zero attached hydrogens (tertiary/aromatic N) is 4. The molecule has 4 rings (SSSR count). The first-order valence-electron chi connectivity index (χ1n) is 10.5. The Kier molecular flexibility index (Phi) is 6.70. The van der Waals surface area contributed by atoms with Crippen molar-refractivity contribution in [1.82, 2.24) is 19.5 Å². The molecule has 1 aromatic carbocycles. The van der Waals surface area contributed by atoms with E-state index < -0.39 is 17.2 Å². The summed E-state index contributed by atoms with van der Waals surface area (Å²) in [5, 5.41) is -0.157. The van der Waals surface area contributed by atoms with Crippen molar-refractivity contribution >= 4 is 11.6 Å². The van der Waals surface area contributed by atoms with Crippen LogP contribution in [0, 0.1) is 18.6 Å². The first-order chi connectivity index (χ1) is 16.2. The molecule has 0 aliphatic rings. The van der Waals surface area contributed by atoms with Gasteiger partial charge in [0.15, 0.2) is 0 Å². The van der Waals surface area contributed by atoms with Gasteiger partial charge in [-0.15, -0.1) is 0 Å². The monoisotopic (exact) mass is 482 g/mol. The van der Waals surface area contributed by atoms with E-state index in [0.29, 0.717) is 28.6 Å². The number of rotatable bonds is 6. The van der Waals surface area contributed by atoms with Gasteiger partial charge in [0.25, 0.3) is 5.56 Å². The number of pyridine rings is 2. The van der Waals surface area contributed by atoms with Crippen LogP contribution >= 0.6 is 11.6 Å². The number of aromatic nitrogens is 4. The van der Waals surface area contributed by atoms with Gasteiger partial charge in [0.05, 0.1) is 17.1 Å². The van der Waals surface area contributed by atoms with E-state index in [4.69, 9.17) is 16.3 Å². The van der Waals surface area contributed by atoms with E-state index in [1.807, 2.05) is 13.8 Å². The molecule has 174 valence electrons. The Bertz CT molecular complexity index is 1420. The first kappa shape index (κ1) is 23.5. The van der Waals surface area contributed by atoms with Gasteiger partial charge >= 0.3 is 0 Å². The zero-order valence-corrected chi connectivity index (χ0v) is 19.5. The number of hydrogen-bond acceptors (Lipinski definition) is 5. The second-order valence-corrected chi connectivity index (χ2v) is 8.36. The molecular formula is C25H21ClF2N4O2. The maximum Gasteiger partial charge on any atom is 0.277 e. The van der Waals surface area contributed by atoms with Gasteiger partial charge in [-0.3, -0.25) is 14.3 Å². The van der Waals surface area contributed by atoms with Gasteiger partial charge in [-0.25, -0.2) is 18.7 Å². The van der Waals surface area contributed by atoms with Gasteiger partial charge in [-0.05, 0) is 37.3 Å². The molecule has 6 nitrogen and oxygen atoms in total. The van der Waals surface area contributed by atoms with Crippen LogP contribution in [0.4, 0.5) is 8.78 Å². The number of benzene rings is 1. The third-order valence-electron chi connectivity index (χ3n) is 5.15. The molecule has 0 saturated carbocycles. The second-order valence-electron chi connectivity index (χ2n) is 7.98. The molecule has 0 radical (unpaired) electrons. The van der Waals surface area contributed by atoms with Crippen LogP contribution in [0.2, 0.25) is 5.02 Å². The molecule has 0 amide bonds. The lowest BCUT2D eigenvalue weighted by molar-refractivity contribution is 0.298. The molecule has 0 N–H and O–H groups in total. The Morgan fingerprint density at radius 1 is 1.03 bits per heavy atom. The number of aryl methyl sites for hydroxylation is 1. The summed E-state index contributed by atoms with van der Waals surface area (Å²) < 4.78 is 34.1. The summed E-state index contributed by atoms with van der Waals surface area (Å²) in [5.74, 6) is -0.466. The molecule has 9 heteroatoms. The van der Waals surface area contributed by atoms with Crippen molar-refractivity contribution in [2.24, 2.45) is 0 Å². The van der Waals surface area contributed by atoms with E-state index in [9.17, 15) is 13.6 Å².